The third-order valence-corrected chi connectivity index (χ3v) is 19.9. The molecule has 0 aliphatic heterocycles. The van der Waals surface area contributed by atoms with Crippen molar-refractivity contribution in [3.05, 3.63) is 415 Å². The van der Waals surface area contributed by atoms with Gasteiger partial charge in [0, 0.05) is 172 Å². The maximum atomic E-state index is 10.0. The molecule has 139 heavy (non-hydrogen) atoms. The third kappa shape index (κ3) is 35.5. The van der Waals surface area contributed by atoms with Crippen LogP contribution in [0.5, 0.6) is 11.5 Å². The summed E-state index contributed by atoms with van der Waals surface area (Å²) in [6.45, 7) is 10.9. The normalized spacial score (nSPS) is 10.6. The summed E-state index contributed by atoms with van der Waals surface area (Å²) in [4.78, 5) is 59.9. The second-order valence-corrected chi connectivity index (χ2v) is 30.5. The van der Waals surface area contributed by atoms with Crippen molar-refractivity contribution in [1.29, 1.82) is 0 Å². The number of nitrogens with zero attached hydrogens (tertiary/aromatic N) is 5. The van der Waals surface area contributed by atoms with E-state index in [-0.39, 0.29) is 166 Å². The van der Waals surface area contributed by atoms with Crippen molar-refractivity contribution >= 4 is 72.5 Å². The number of anilines is 3. The summed E-state index contributed by atoms with van der Waals surface area (Å²) in [7, 11) is 3.25. The summed E-state index contributed by atoms with van der Waals surface area (Å²) >= 11 is 0. The van der Waals surface area contributed by atoms with Crippen molar-refractivity contribution in [2.45, 2.75) is 95.0 Å². The molecule has 4 radical (unpaired) electrons. The molecular weight excluding hydrogens is 2460 g/mol. The van der Waals surface area contributed by atoms with Crippen molar-refractivity contribution in [3.8, 4) is 89.9 Å². The van der Waals surface area contributed by atoms with E-state index in [0.29, 0.717) is 17.1 Å². The number of rotatable bonds is 22. The molecule has 0 aliphatic rings. The molecule has 16 rings (SSSR count). The number of benzene rings is 12. The number of carbonyl (C=O) groups excluding carboxylic acids is 4. The molecule has 21 nitrogen and oxygen atoms in total. The smallest absolute Gasteiger partial charge is 0.155 e. The van der Waals surface area contributed by atoms with Gasteiger partial charge in [0.05, 0.1) is 57.1 Å². The molecule has 0 spiro atoms. The fraction of sp³-hybridized carbons (Fsp3) is 0.140. The molecular formula is C114H107Ir4N5O16-4. The van der Waals surface area contributed by atoms with Crippen molar-refractivity contribution in [1.82, 2.24) is 19.9 Å². The summed E-state index contributed by atoms with van der Waals surface area (Å²) in [5, 5.41) is 98.4. The zero-order chi connectivity index (χ0) is 97.3. The Balaban J connectivity index is 0.000000296. The first-order valence-corrected chi connectivity index (χ1v) is 42.8. The van der Waals surface area contributed by atoms with Crippen LogP contribution in [0.25, 0.3) is 111 Å². The first-order valence-electron chi connectivity index (χ1n) is 42.8. The predicted molar refractivity (Wildman–Crippen MR) is 534 cm³/mol. The Kier molecular flexibility index (Phi) is 50.4. The molecule has 0 aliphatic carbocycles. The maximum Gasteiger partial charge on any atom is 0.155 e. The number of para-hydroxylation sites is 2. The number of carbonyl (C=O) groups is 4. The molecule has 724 valence electrons. The van der Waals surface area contributed by atoms with Crippen LogP contribution in [0, 0.1) is 24.3 Å². The second-order valence-electron chi connectivity index (χ2n) is 30.5. The number of aromatic nitrogens is 4. The summed E-state index contributed by atoms with van der Waals surface area (Å²) in [5.74, 6) is 1.16. The first kappa shape index (κ1) is 116. The number of ketones is 4. The van der Waals surface area contributed by atoms with E-state index >= 15 is 0 Å². The average molecular weight is 2570 g/mol. The van der Waals surface area contributed by atoms with Crippen LogP contribution >= 0.6 is 0 Å². The monoisotopic (exact) mass is 2570 g/mol. The summed E-state index contributed by atoms with van der Waals surface area (Å²) in [6.07, 6.45) is 11.5. The van der Waals surface area contributed by atoms with Gasteiger partial charge in [-0.15, -0.1) is 94.0 Å². The summed E-state index contributed by atoms with van der Waals surface area (Å²) in [6, 6.07) is 107. The minimum absolute atomic E-state index is 0. The average Bonchev–Trinajstić information content (AvgIpc) is 0.784. The Morgan fingerprint density at radius 3 is 0.978 bits per heavy atom. The van der Waals surface area contributed by atoms with Crippen LogP contribution in [0.15, 0.2) is 357 Å². The van der Waals surface area contributed by atoms with Crippen LogP contribution in [0.1, 0.15) is 88.8 Å². The topological polar surface area (TPSA) is 344 Å². The van der Waals surface area contributed by atoms with Crippen LogP contribution in [-0.2, 0) is 139 Å². The van der Waals surface area contributed by atoms with Crippen LogP contribution in [0.4, 0.5) is 17.1 Å². The van der Waals surface area contributed by atoms with Gasteiger partial charge < -0.3 is 85.4 Å². The molecule has 4 heterocycles. The quantitative estimate of drug-likeness (QED) is 0.0171. The Hall–Kier alpha value is -13.4. The van der Waals surface area contributed by atoms with Gasteiger partial charge in [-0.2, -0.15) is 0 Å². The molecule has 0 saturated carbocycles. The van der Waals surface area contributed by atoms with E-state index in [1.54, 1.807) is 57.2 Å². The van der Waals surface area contributed by atoms with Crippen molar-refractivity contribution < 1.29 is 160 Å². The van der Waals surface area contributed by atoms with Gasteiger partial charge in [-0.25, -0.2) is 0 Å². The maximum absolute atomic E-state index is 10.0. The number of aliphatic hydroxyl groups excluding tert-OH is 10. The molecule has 0 saturated heterocycles. The van der Waals surface area contributed by atoms with Gasteiger partial charge in [0.15, 0.2) is 23.1 Å². The van der Waals surface area contributed by atoms with E-state index in [9.17, 15) is 49.8 Å². The molecule has 0 fully saturated rings. The van der Waals surface area contributed by atoms with E-state index in [4.69, 9.17) is 29.9 Å². The fourth-order valence-electron chi connectivity index (χ4n) is 14.2. The van der Waals surface area contributed by atoms with Gasteiger partial charge in [0.2, 0.25) is 0 Å². The largest absolute Gasteiger partial charge is 0.540 e. The van der Waals surface area contributed by atoms with E-state index < -0.39 is 0 Å². The molecule has 0 bridgehead atoms. The van der Waals surface area contributed by atoms with Crippen molar-refractivity contribution in [2.75, 3.05) is 19.1 Å². The number of aliphatic hydroxyl groups is 10. The van der Waals surface area contributed by atoms with Crippen molar-refractivity contribution in [2.24, 2.45) is 0 Å². The Labute approximate surface area is 864 Å². The molecule has 12 aromatic carbocycles. The first-order chi connectivity index (χ1) is 65.2. The van der Waals surface area contributed by atoms with Gasteiger partial charge in [-0.1, -0.05) is 228 Å². The van der Waals surface area contributed by atoms with Gasteiger partial charge in [0.25, 0.3) is 0 Å². The molecule has 0 unspecified atom stereocenters. The molecule has 4 aromatic heterocycles. The second kappa shape index (κ2) is 60.4. The standard InChI is InChI=1S/C25H21N2O2.3C23H18NO2.4C5H8O2.4Ir/c28-17-19-13-14-26-25(15-19)24-12-11-23(16-20(24)18-29)27(21-7-3-1-4-8-21)22-9-5-2-6-10-22;1-26-18-9-10-21(23-13-16(15-25)11-12-24-23)22(14-18)20-8-4-6-17-5-2-3-7-19(17)20;1-26-19-9-10-22(18(13-19)15-25)23-14-17(11-12-24-23)21-8-4-6-16-5-2-3-7-20(16)21;25-14-16-10-11-24-23(12-16)22-9-8-18(13-19(22)15-26)21-7-3-5-17-4-1-2-6-20(17)21;4*1-4(6)3-5(2)7;;;;/h1-11,13-16,28-29H,17-18H2;2*2-9,11-14,25H,15H2,1H3;1-8,10-13,25-26H,14-15H2;4*3,6H,1-2H3;;;;/q4*-1;;;;;;;;. The SMILES string of the molecule is CC(=O)C=C(C)O.CC(=O)C=C(C)O.CC(=O)C=C(C)O.CC(=O)C=C(C)O.COc1c[c-]c(-c2cc(-c3cccc4ccccc34)ccn2)c(CO)c1.COc1c[c-]c(-c2cc(CO)ccn2)c(-c2cccc3ccccc23)c1.OCc1ccnc(-c2[c-]cc(-c3cccc4ccccc34)cc2CO)c1.OCc1ccnc(-c2[c-]cc(N(c3ccccc3)c3ccccc3)cc2CO)c1.[Ir].[Ir].[Ir].[Ir]. The Morgan fingerprint density at radius 1 is 0.295 bits per heavy atom. The van der Waals surface area contributed by atoms with Gasteiger partial charge >= 0.3 is 0 Å². The Bertz CT molecular complexity index is 6660. The zero-order valence-electron chi connectivity index (χ0n) is 78.0. The van der Waals surface area contributed by atoms with E-state index in [2.05, 4.69) is 140 Å². The molecule has 25 heteroatoms. The van der Waals surface area contributed by atoms with Crippen LogP contribution in [0.3, 0.4) is 0 Å². The van der Waals surface area contributed by atoms with E-state index in [1.165, 1.54) is 107 Å². The number of fused-ring (bicyclic) bond motifs is 3. The van der Waals surface area contributed by atoms with Gasteiger partial charge in [0.1, 0.15) is 0 Å². The molecule has 10 N–H and O–H groups in total. The molecule has 0 atom stereocenters. The van der Waals surface area contributed by atoms with Gasteiger partial charge in [-0.3, -0.25) is 19.2 Å². The minimum Gasteiger partial charge on any atom is -0.540 e. The number of ether oxygens (including phenoxy) is 2. The summed E-state index contributed by atoms with van der Waals surface area (Å²) < 4.78 is 10.7. The number of hydrogen-bond acceptors (Lipinski definition) is 21. The Morgan fingerprint density at radius 2 is 0.604 bits per heavy atom. The zero-order valence-corrected chi connectivity index (χ0v) is 87.6. The molecule has 16 aromatic rings. The van der Waals surface area contributed by atoms with Crippen LogP contribution < -0.4 is 14.4 Å². The van der Waals surface area contributed by atoms with Crippen LogP contribution in [0.2, 0.25) is 0 Å². The minimum atomic E-state index is -0.137. The number of allylic oxidation sites excluding steroid dienone is 8. The fourth-order valence-corrected chi connectivity index (χ4v) is 14.2. The molecule has 0 amide bonds. The van der Waals surface area contributed by atoms with Crippen molar-refractivity contribution in [3.63, 3.8) is 0 Å². The predicted octanol–water partition coefficient (Wildman–Crippen LogP) is 23.2. The third-order valence-electron chi connectivity index (χ3n) is 19.9. The van der Waals surface area contributed by atoms with Gasteiger partial charge in [-0.05, 0) is 193 Å². The van der Waals surface area contributed by atoms with Crippen LogP contribution in [-0.4, -0.2) is 108 Å². The number of methoxy groups -OCH3 is 2. The number of pyridine rings is 4. The number of hydrogen-bond donors (Lipinski definition) is 10. The van der Waals surface area contributed by atoms with E-state index in [1.807, 2.05) is 176 Å². The summed E-state index contributed by atoms with van der Waals surface area (Å²) in [5.41, 5.74) is 20.1. The van der Waals surface area contributed by atoms with E-state index in [0.717, 1.165) is 129 Å².